The van der Waals surface area contributed by atoms with Gasteiger partial charge in [0, 0.05) is 25.3 Å². The minimum atomic E-state index is -0.227. The van der Waals surface area contributed by atoms with E-state index in [0.29, 0.717) is 18.2 Å². The molecule has 0 radical (unpaired) electrons. The van der Waals surface area contributed by atoms with E-state index in [2.05, 4.69) is 29.0 Å². The second kappa shape index (κ2) is 10.3. The Bertz CT molecular complexity index is 816. The third-order valence-electron chi connectivity index (χ3n) is 5.26. The van der Waals surface area contributed by atoms with Gasteiger partial charge in [-0.2, -0.15) is 0 Å². The molecule has 1 fully saturated rings. The van der Waals surface area contributed by atoms with Gasteiger partial charge in [0.15, 0.2) is 0 Å². The zero-order valence-electron chi connectivity index (χ0n) is 17.5. The Hall–Kier alpha value is -2.50. The van der Waals surface area contributed by atoms with Crippen LogP contribution in [-0.2, 0) is 6.42 Å². The molecular weight excluding hydrogens is 367 g/mol. The summed E-state index contributed by atoms with van der Waals surface area (Å²) in [5.74, 6) is 0.491. The predicted octanol–water partition coefficient (Wildman–Crippen LogP) is 4.48. The Labute approximate surface area is 172 Å². The minimum absolute atomic E-state index is 0.176. The molecule has 156 valence electrons. The first kappa shape index (κ1) is 21.2. The number of benzene rings is 1. The number of aromatic nitrogens is 2. The quantitative estimate of drug-likeness (QED) is 0.699. The third-order valence-corrected chi connectivity index (χ3v) is 5.26. The maximum Gasteiger partial charge on any atom is 0.270 e. The lowest BCUT2D eigenvalue weighted by Gasteiger charge is -2.22. The van der Waals surface area contributed by atoms with Crippen LogP contribution in [0, 0.1) is 5.82 Å². The maximum atomic E-state index is 13.3. The molecule has 1 saturated heterocycles. The number of halogens is 1. The summed E-state index contributed by atoms with van der Waals surface area (Å²) in [7, 11) is 0. The van der Waals surface area contributed by atoms with Crippen molar-refractivity contribution in [1.82, 2.24) is 15.3 Å². The van der Waals surface area contributed by atoms with Gasteiger partial charge in [-0.25, -0.2) is 14.4 Å². The van der Waals surface area contributed by atoms with E-state index in [4.69, 9.17) is 4.98 Å². The van der Waals surface area contributed by atoms with Crippen LogP contribution in [0.2, 0.25) is 0 Å². The van der Waals surface area contributed by atoms with Crippen molar-refractivity contribution in [3.8, 4) is 0 Å². The van der Waals surface area contributed by atoms with Crippen LogP contribution in [0.5, 0.6) is 0 Å². The number of anilines is 1. The van der Waals surface area contributed by atoms with E-state index in [1.165, 1.54) is 25.0 Å². The number of carbonyl (C=O) groups is 1. The maximum absolute atomic E-state index is 13.3. The van der Waals surface area contributed by atoms with Gasteiger partial charge in [0.1, 0.15) is 11.5 Å². The Kier molecular flexibility index (Phi) is 7.55. The first-order chi connectivity index (χ1) is 14.0. The average molecular weight is 399 g/mol. The van der Waals surface area contributed by atoms with Crippen molar-refractivity contribution in [3.05, 3.63) is 53.1 Å². The number of carbonyl (C=O) groups excluding carboxylic acids is 1. The largest absolute Gasteiger partial charge is 0.351 e. The second-order valence-electron chi connectivity index (χ2n) is 8.02. The first-order valence-electron chi connectivity index (χ1n) is 10.7. The van der Waals surface area contributed by atoms with Gasteiger partial charge in [-0.05, 0) is 55.4 Å². The van der Waals surface area contributed by atoms with Crippen LogP contribution in [0.3, 0.4) is 0 Å². The highest BCUT2D eigenvalue weighted by molar-refractivity contribution is 5.92. The Morgan fingerprint density at radius 1 is 1.14 bits per heavy atom. The highest BCUT2D eigenvalue weighted by Gasteiger charge is 2.18. The van der Waals surface area contributed by atoms with E-state index in [0.717, 1.165) is 50.0 Å². The van der Waals surface area contributed by atoms with Crippen molar-refractivity contribution < 1.29 is 9.18 Å². The molecule has 1 aromatic carbocycles. The van der Waals surface area contributed by atoms with Gasteiger partial charge < -0.3 is 10.2 Å². The molecule has 1 amide bonds. The fourth-order valence-corrected chi connectivity index (χ4v) is 3.55. The van der Waals surface area contributed by atoms with E-state index in [1.54, 1.807) is 12.1 Å². The van der Waals surface area contributed by atoms with Gasteiger partial charge in [0.25, 0.3) is 5.91 Å². The van der Waals surface area contributed by atoms with Crippen LogP contribution in [0.25, 0.3) is 0 Å². The molecule has 2 heterocycles. The van der Waals surface area contributed by atoms with Crippen LogP contribution in [-0.4, -0.2) is 35.5 Å². The summed E-state index contributed by atoms with van der Waals surface area (Å²) in [6, 6.07) is 8.39. The van der Waals surface area contributed by atoms with Gasteiger partial charge in [0.2, 0.25) is 5.95 Å². The first-order valence-corrected chi connectivity index (χ1v) is 10.7. The van der Waals surface area contributed by atoms with Crippen molar-refractivity contribution in [2.45, 2.75) is 58.3 Å². The van der Waals surface area contributed by atoms with Crippen molar-refractivity contribution in [3.63, 3.8) is 0 Å². The van der Waals surface area contributed by atoms with Crippen molar-refractivity contribution in [2.24, 2.45) is 0 Å². The molecule has 0 spiro atoms. The van der Waals surface area contributed by atoms with Gasteiger partial charge in [0.05, 0.1) is 0 Å². The Morgan fingerprint density at radius 2 is 1.90 bits per heavy atom. The highest BCUT2D eigenvalue weighted by atomic mass is 19.1. The van der Waals surface area contributed by atoms with Gasteiger partial charge >= 0.3 is 0 Å². The van der Waals surface area contributed by atoms with Crippen LogP contribution < -0.4 is 10.2 Å². The van der Waals surface area contributed by atoms with Crippen LogP contribution in [0.4, 0.5) is 10.3 Å². The van der Waals surface area contributed by atoms with Crippen LogP contribution in [0.15, 0.2) is 30.3 Å². The number of aryl methyl sites for hydroxylation is 1. The predicted molar refractivity (Wildman–Crippen MR) is 114 cm³/mol. The molecule has 6 heteroatoms. The number of rotatable bonds is 7. The molecule has 1 aliphatic heterocycles. The normalized spacial score (nSPS) is 14.7. The van der Waals surface area contributed by atoms with E-state index in [-0.39, 0.29) is 17.6 Å². The SMILES string of the molecule is CC(C)c1cc(C(=O)NCCCc2cccc(F)c2)nc(N2CCCCCC2)n1. The Balaban J connectivity index is 1.63. The summed E-state index contributed by atoms with van der Waals surface area (Å²) in [5, 5.41) is 2.95. The fourth-order valence-electron chi connectivity index (χ4n) is 3.55. The molecule has 5 nitrogen and oxygen atoms in total. The van der Waals surface area contributed by atoms with Gasteiger partial charge in [-0.15, -0.1) is 0 Å². The fraction of sp³-hybridized carbons (Fsp3) is 0.522. The van der Waals surface area contributed by atoms with E-state index >= 15 is 0 Å². The molecule has 2 aromatic rings. The summed E-state index contributed by atoms with van der Waals surface area (Å²) in [6.07, 6.45) is 6.21. The lowest BCUT2D eigenvalue weighted by Crippen LogP contribution is -2.30. The van der Waals surface area contributed by atoms with Crippen LogP contribution >= 0.6 is 0 Å². The van der Waals surface area contributed by atoms with Crippen molar-refractivity contribution >= 4 is 11.9 Å². The minimum Gasteiger partial charge on any atom is -0.351 e. The van der Waals surface area contributed by atoms with Crippen LogP contribution in [0.1, 0.15) is 73.6 Å². The van der Waals surface area contributed by atoms with Gasteiger partial charge in [-0.3, -0.25) is 4.79 Å². The standard InChI is InChI=1S/C23H31FN4O/c1-17(2)20-16-21(27-23(26-20)28-13-5-3-4-6-14-28)22(29)25-12-8-10-18-9-7-11-19(24)15-18/h7,9,11,15-17H,3-6,8,10,12-14H2,1-2H3,(H,25,29). The zero-order valence-corrected chi connectivity index (χ0v) is 17.5. The summed E-state index contributed by atoms with van der Waals surface area (Å²) in [6.45, 7) is 6.56. The molecule has 0 atom stereocenters. The molecular formula is C23H31FN4O. The zero-order chi connectivity index (χ0) is 20.6. The number of hydrogen-bond donors (Lipinski definition) is 1. The third kappa shape index (κ3) is 6.24. The number of nitrogens with one attached hydrogen (secondary N) is 1. The lowest BCUT2D eigenvalue weighted by atomic mass is 10.1. The molecule has 0 unspecified atom stereocenters. The molecule has 0 bridgehead atoms. The highest BCUT2D eigenvalue weighted by Crippen LogP contribution is 2.20. The lowest BCUT2D eigenvalue weighted by molar-refractivity contribution is 0.0948. The average Bonchev–Trinajstić information content (AvgIpc) is 3.00. The monoisotopic (exact) mass is 398 g/mol. The number of nitrogens with zero attached hydrogens (tertiary/aromatic N) is 3. The van der Waals surface area contributed by atoms with E-state index < -0.39 is 0 Å². The molecule has 0 aliphatic carbocycles. The second-order valence-corrected chi connectivity index (χ2v) is 8.02. The van der Waals surface area contributed by atoms with E-state index in [1.807, 2.05) is 6.07 Å². The van der Waals surface area contributed by atoms with E-state index in [9.17, 15) is 9.18 Å². The van der Waals surface area contributed by atoms with Crippen molar-refractivity contribution in [1.29, 1.82) is 0 Å². The molecule has 1 aromatic heterocycles. The molecule has 1 N–H and O–H groups in total. The summed E-state index contributed by atoms with van der Waals surface area (Å²) in [4.78, 5) is 24.2. The summed E-state index contributed by atoms with van der Waals surface area (Å²) >= 11 is 0. The number of hydrogen-bond acceptors (Lipinski definition) is 4. The summed E-state index contributed by atoms with van der Waals surface area (Å²) in [5.41, 5.74) is 2.25. The molecule has 1 aliphatic rings. The summed E-state index contributed by atoms with van der Waals surface area (Å²) < 4.78 is 13.3. The molecule has 29 heavy (non-hydrogen) atoms. The smallest absolute Gasteiger partial charge is 0.270 e. The molecule has 0 saturated carbocycles. The number of amides is 1. The van der Waals surface area contributed by atoms with Crippen molar-refractivity contribution in [2.75, 3.05) is 24.5 Å². The Morgan fingerprint density at radius 3 is 2.59 bits per heavy atom. The topological polar surface area (TPSA) is 58.1 Å². The molecule has 3 rings (SSSR count). The van der Waals surface area contributed by atoms with Gasteiger partial charge in [-0.1, -0.05) is 38.8 Å².